The number of nitrogens with zero attached hydrogens (tertiary/aromatic N) is 1. The number of carboxylic acids is 1. The number of aliphatic carboxylic acids is 1. The second-order valence-corrected chi connectivity index (χ2v) is 7.04. The van der Waals surface area contributed by atoms with Crippen molar-refractivity contribution >= 4 is 35.2 Å². The molecule has 0 bridgehead atoms. The predicted octanol–water partition coefficient (Wildman–Crippen LogP) is 4.65. The Hall–Kier alpha value is -3.90. The second kappa shape index (κ2) is 9.49. The Morgan fingerprint density at radius 3 is 2.16 bits per heavy atom. The maximum atomic E-state index is 12.7. The lowest BCUT2D eigenvalue weighted by Crippen LogP contribution is -2.22. The van der Waals surface area contributed by atoms with Gasteiger partial charge in [-0.2, -0.15) is 0 Å². The van der Waals surface area contributed by atoms with Gasteiger partial charge in [-0.3, -0.25) is 9.59 Å². The number of carbonyl (C=O) groups excluding carboxylic acids is 1. The molecule has 6 nitrogen and oxygen atoms in total. The topological polar surface area (TPSA) is 103 Å². The Kier molecular flexibility index (Phi) is 6.76. The highest BCUT2D eigenvalue weighted by atomic mass is 35.5. The first-order valence-electron chi connectivity index (χ1n) is 9.66. The molecule has 32 heavy (non-hydrogen) atoms. The molecule has 0 saturated heterocycles. The molecule has 7 heteroatoms. The number of fused-ring (bicyclic) bond motifs is 1. The molecule has 0 aliphatic heterocycles. The summed E-state index contributed by atoms with van der Waals surface area (Å²) in [5.41, 5.74) is 8.35. The molecule has 0 spiro atoms. The molecule has 0 aliphatic carbocycles. The van der Waals surface area contributed by atoms with Crippen molar-refractivity contribution < 1.29 is 19.4 Å². The van der Waals surface area contributed by atoms with Gasteiger partial charge >= 0.3 is 5.97 Å². The number of halogens is 1. The molecule has 0 aliphatic rings. The van der Waals surface area contributed by atoms with E-state index in [1.54, 1.807) is 55.6 Å². The average molecular weight is 449 g/mol. The van der Waals surface area contributed by atoms with Gasteiger partial charge in [-0.15, -0.1) is 12.4 Å². The van der Waals surface area contributed by atoms with E-state index in [-0.39, 0.29) is 23.5 Å². The number of rotatable bonds is 6. The van der Waals surface area contributed by atoms with Gasteiger partial charge < -0.3 is 15.6 Å². The molecule has 0 radical (unpaired) electrons. The van der Waals surface area contributed by atoms with Gasteiger partial charge in [-0.05, 0) is 17.7 Å². The number of carboxylic acid groups (broad SMARTS) is 1. The molecule has 0 fully saturated rings. The molecule has 3 aromatic carbocycles. The zero-order valence-corrected chi connectivity index (χ0v) is 18.0. The number of hydrogen-bond acceptors (Lipinski definition) is 4. The molecular weight excluding hydrogens is 428 g/mol. The summed E-state index contributed by atoms with van der Waals surface area (Å²) in [4.78, 5) is 30.0. The fraction of sp³-hybridized carbons (Fsp3) is 0.0800. The third-order valence-electron chi connectivity index (χ3n) is 5.19. The van der Waals surface area contributed by atoms with Crippen molar-refractivity contribution in [1.82, 2.24) is 4.98 Å². The average Bonchev–Trinajstić information content (AvgIpc) is 2.79. The quantitative estimate of drug-likeness (QED) is 0.447. The van der Waals surface area contributed by atoms with Crippen LogP contribution < -0.4 is 10.5 Å². The molecule has 1 aromatic heterocycles. The van der Waals surface area contributed by atoms with Crippen LogP contribution in [0.25, 0.3) is 22.2 Å². The lowest BCUT2D eigenvalue weighted by atomic mass is 9.83. The largest absolute Gasteiger partial charge is 0.497 e. The minimum Gasteiger partial charge on any atom is -0.497 e. The summed E-state index contributed by atoms with van der Waals surface area (Å²) in [6.07, 6.45) is 0. The van der Waals surface area contributed by atoms with Gasteiger partial charge in [0, 0.05) is 22.6 Å². The van der Waals surface area contributed by atoms with Gasteiger partial charge in [-0.1, -0.05) is 60.7 Å². The first-order valence-corrected chi connectivity index (χ1v) is 9.66. The highest BCUT2D eigenvalue weighted by Crippen LogP contribution is 2.39. The van der Waals surface area contributed by atoms with E-state index in [4.69, 9.17) is 15.5 Å². The van der Waals surface area contributed by atoms with Crippen LogP contribution in [0, 0.1) is 0 Å². The molecule has 4 aromatic rings. The number of primary amides is 1. The van der Waals surface area contributed by atoms with Crippen LogP contribution in [-0.4, -0.2) is 29.1 Å². The maximum absolute atomic E-state index is 12.7. The summed E-state index contributed by atoms with van der Waals surface area (Å²) in [5.74, 6) is -2.37. The summed E-state index contributed by atoms with van der Waals surface area (Å²) >= 11 is 0. The monoisotopic (exact) mass is 448 g/mol. The summed E-state index contributed by atoms with van der Waals surface area (Å²) in [7, 11) is 1.54. The van der Waals surface area contributed by atoms with Crippen LogP contribution in [0.4, 0.5) is 0 Å². The molecule has 4 rings (SSSR count). The first kappa shape index (κ1) is 22.8. The van der Waals surface area contributed by atoms with Gasteiger partial charge in [-0.25, -0.2) is 4.98 Å². The molecule has 162 valence electrons. The molecule has 1 atom stereocenters. The van der Waals surface area contributed by atoms with Gasteiger partial charge in [0.2, 0.25) is 5.91 Å². The normalized spacial score (nSPS) is 11.4. The predicted molar refractivity (Wildman–Crippen MR) is 125 cm³/mol. The Labute approximate surface area is 191 Å². The zero-order valence-electron chi connectivity index (χ0n) is 17.2. The number of carbonyl (C=O) groups is 2. The summed E-state index contributed by atoms with van der Waals surface area (Å²) in [5, 5.41) is 10.7. The van der Waals surface area contributed by atoms with Gasteiger partial charge in [0.25, 0.3) is 0 Å². The third-order valence-corrected chi connectivity index (χ3v) is 5.19. The minimum atomic E-state index is -1.13. The highest BCUT2D eigenvalue weighted by Gasteiger charge is 2.32. The third kappa shape index (κ3) is 4.13. The highest BCUT2D eigenvalue weighted by molar-refractivity contribution is 6.10. The van der Waals surface area contributed by atoms with E-state index < -0.39 is 17.8 Å². The smallest absolute Gasteiger partial charge is 0.315 e. The number of amides is 1. The molecule has 3 N–H and O–H groups in total. The van der Waals surface area contributed by atoms with Crippen molar-refractivity contribution in [3.63, 3.8) is 0 Å². The van der Waals surface area contributed by atoms with Gasteiger partial charge in [0.15, 0.2) is 0 Å². The van der Waals surface area contributed by atoms with Crippen LogP contribution in [0.5, 0.6) is 5.75 Å². The Morgan fingerprint density at radius 2 is 1.59 bits per heavy atom. The number of hydrogen-bond donors (Lipinski definition) is 2. The molecular formula is C25H21ClN2O4. The second-order valence-electron chi connectivity index (χ2n) is 7.04. The lowest BCUT2D eigenvalue weighted by molar-refractivity contribution is -0.137. The fourth-order valence-corrected chi connectivity index (χ4v) is 3.83. The zero-order chi connectivity index (χ0) is 22.0. The summed E-state index contributed by atoms with van der Waals surface area (Å²) in [6.45, 7) is 0. The number of methoxy groups -OCH3 is 1. The van der Waals surface area contributed by atoms with Crippen molar-refractivity contribution in [2.24, 2.45) is 5.73 Å². The molecule has 1 unspecified atom stereocenters. The van der Waals surface area contributed by atoms with Crippen molar-refractivity contribution in [2.45, 2.75) is 5.92 Å². The van der Waals surface area contributed by atoms with Crippen LogP contribution in [-0.2, 0) is 4.79 Å². The van der Waals surface area contributed by atoms with E-state index in [0.29, 0.717) is 33.5 Å². The van der Waals surface area contributed by atoms with Gasteiger partial charge in [0.05, 0.1) is 23.9 Å². The first-order chi connectivity index (χ1) is 15.0. The Bertz CT molecular complexity index is 1280. The van der Waals surface area contributed by atoms with E-state index in [2.05, 4.69) is 0 Å². The van der Waals surface area contributed by atoms with E-state index in [1.165, 1.54) is 0 Å². The molecule has 1 heterocycles. The van der Waals surface area contributed by atoms with Crippen LogP contribution in [0.1, 0.15) is 27.4 Å². The fourth-order valence-electron chi connectivity index (χ4n) is 3.83. The standard InChI is InChI=1S/C25H20N2O4.ClH/c1-31-17-12-13-18-19(14-17)27-23(16-10-6-3-7-11-16)22(21(18)24(26)28)20(25(29)30)15-8-4-2-5-9-15;/h2-14,20H,1H3,(H2,26,28)(H,29,30);1H. The molecule has 0 saturated carbocycles. The summed E-state index contributed by atoms with van der Waals surface area (Å²) < 4.78 is 5.30. The summed E-state index contributed by atoms with van der Waals surface area (Å²) in [6, 6.07) is 23.0. The van der Waals surface area contributed by atoms with Gasteiger partial charge in [0.1, 0.15) is 11.7 Å². The van der Waals surface area contributed by atoms with Crippen molar-refractivity contribution in [1.29, 1.82) is 0 Å². The number of nitrogens with two attached hydrogens (primary N) is 1. The SMILES string of the molecule is COc1ccc2c(C(N)=O)c(C(C(=O)O)c3ccccc3)c(-c3ccccc3)nc2c1.Cl. The Balaban J connectivity index is 0.00000289. The number of pyridine rings is 1. The van der Waals surface area contributed by atoms with Crippen molar-refractivity contribution in [3.05, 3.63) is 95.6 Å². The van der Waals surface area contributed by atoms with Crippen molar-refractivity contribution in [3.8, 4) is 17.0 Å². The van der Waals surface area contributed by atoms with E-state index in [1.807, 2.05) is 30.3 Å². The van der Waals surface area contributed by atoms with E-state index in [0.717, 1.165) is 0 Å². The maximum Gasteiger partial charge on any atom is 0.315 e. The van der Waals surface area contributed by atoms with Crippen LogP contribution in [0.15, 0.2) is 78.9 Å². The van der Waals surface area contributed by atoms with E-state index in [9.17, 15) is 14.7 Å². The lowest BCUT2D eigenvalue weighted by Gasteiger charge is -2.21. The number of aromatic nitrogens is 1. The molecule has 1 amide bonds. The number of benzene rings is 3. The number of ether oxygens (including phenoxy) is 1. The van der Waals surface area contributed by atoms with Crippen molar-refractivity contribution in [2.75, 3.05) is 7.11 Å². The minimum absolute atomic E-state index is 0. The Morgan fingerprint density at radius 1 is 0.969 bits per heavy atom. The van der Waals surface area contributed by atoms with Crippen LogP contribution >= 0.6 is 12.4 Å². The van der Waals surface area contributed by atoms with Crippen LogP contribution in [0.2, 0.25) is 0 Å². The van der Waals surface area contributed by atoms with Crippen LogP contribution in [0.3, 0.4) is 0 Å². The van der Waals surface area contributed by atoms with E-state index >= 15 is 0 Å².